The molecule has 1 atom stereocenters. The number of amides is 1. The van der Waals surface area contributed by atoms with Gasteiger partial charge >= 0.3 is 11.9 Å². The number of nitrogens with zero attached hydrogens (tertiary/aromatic N) is 4. The molecule has 2 N–H and O–H groups in total. The van der Waals surface area contributed by atoms with Crippen LogP contribution in [-0.4, -0.2) is 31.2 Å². The molecule has 0 aliphatic heterocycles. The number of aromatic nitrogens is 3. The van der Waals surface area contributed by atoms with Crippen molar-refractivity contribution in [3.8, 4) is 11.4 Å². The molecular weight excluding hydrogens is 494 g/mol. The van der Waals surface area contributed by atoms with E-state index in [2.05, 4.69) is 5.10 Å². The van der Waals surface area contributed by atoms with Gasteiger partial charge in [-0.1, -0.05) is 29.8 Å². The molecule has 12 heteroatoms. The molecule has 34 heavy (non-hydrogen) atoms. The molecule has 0 spiro atoms. The van der Waals surface area contributed by atoms with Gasteiger partial charge in [-0.15, -0.1) is 5.10 Å². The zero-order valence-electron chi connectivity index (χ0n) is 17.7. The fourth-order valence-electron chi connectivity index (χ4n) is 3.64. The lowest BCUT2D eigenvalue weighted by Crippen LogP contribution is -2.36. The fourth-order valence-corrected chi connectivity index (χ4v) is 3.97. The van der Waals surface area contributed by atoms with Crippen LogP contribution in [0.3, 0.4) is 0 Å². The molecule has 1 aromatic heterocycles. The van der Waals surface area contributed by atoms with Crippen molar-refractivity contribution >= 4 is 29.3 Å². The van der Waals surface area contributed by atoms with Crippen molar-refractivity contribution in [1.82, 2.24) is 18.8 Å². The summed E-state index contributed by atoms with van der Waals surface area (Å²) in [6, 6.07) is 10.4. The van der Waals surface area contributed by atoms with Crippen LogP contribution in [0.4, 0.5) is 13.2 Å². The summed E-state index contributed by atoms with van der Waals surface area (Å²) in [5.41, 5.74) is 5.04. The van der Waals surface area contributed by atoms with Gasteiger partial charge in [-0.25, -0.2) is 9.48 Å². The lowest BCUT2D eigenvalue weighted by atomic mass is 10.0. The van der Waals surface area contributed by atoms with E-state index in [0.29, 0.717) is 20.8 Å². The molecule has 2 aromatic carbocycles. The molecule has 1 aliphatic carbocycles. The monoisotopic (exact) mass is 513 g/mol. The van der Waals surface area contributed by atoms with Gasteiger partial charge in [0, 0.05) is 34.4 Å². The van der Waals surface area contributed by atoms with E-state index in [-0.39, 0.29) is 11.6 Å². The van der Waals surface area contributed by atoms with Crippen molar-refractivity contribution in [3.63, 3.8) is 0 Å². The summed E-state index contributed by atoms with van der Waals surface area (Å²) < 4.78 is 43.1. The van der Waals surface area contributed by atoms with Crippen LogP contribution in [0.15, 0.2) is 53.3 Å². The van der Waals surface area contributed by atoms with E-state index in [1.165, 1.54) is 22.8 Å². The summed E-state index contributed by atoms with van der Waals surface area (Å²) in [6.07, 6.45) is -2.97. The molecule has 1 fully saturated rings. The molecule has 7 nitrogen and oxygen atoms in total. The second kappa shape index (κ2) is 9.44. The summed E-state index contributed by atoms with van der Waals surface area (Å²) >= 11 is 12.0. The standard InChI is InChI=1S/C22H20Cl2F3N5O2/c23-14-7-5-13(6-8-14)20-29-31(21(34)32(20)15-9-10-15)12-19(33)30(24)11-18(28)16-3-1-2-4-17(16)22(25,26)27/h1-8,15,18H,9-12,28H2. The first-order chi connectivity index (χ1) is 16.1. The molecular formula is C22H20Cl2F3N5O2. The predicted octanol–water partition coefficient (Wildman–Crippen LogP) is 4.40. The highest BCUT2D eigenvalue weighted by atomic mass is 35.5. The topological polar surface area (TPSA) is 86.2 Å². The summed E-state index contributed by atoms with van der Waals surface area (Å²) in [5.74, 6) is -0.333. The van der Waals surface area contributed by atoms with E-state index in [1.807, 2.05) is 0 Å². The van der Waals surface area contributed by atoms with Crippen molar-refractivity contribution in [2.75, 3.05) is 6.54 Å². The summed E-state index contributed by atoms with van der Waals surface area (Å²) in [6.45, 7) is -0.883. The largest absolute Gasteiger partial charge is 0.416 e. The highest BCUT2D eigenvalue weighted by Crippen LogP contribution is 2.37. The molecule has 1 heterocycles. The van der Waals surface area contributed by atoms with Crippen LogP contribution >= 0.6 is 23.4 Å². The van der Waals surface area contributed by atoms with Gasteiger partial charge < -0.3 is 5.73 Å². The maximum atomic E-state index is 13.3. The first-order valence-electron chi connectivity index (χ1n) is 10.4. The maximum absolute atomic E-state index is 13.3. The number of benzene rings is 2. The average molecular weight is 514 g/mol. The SMILES string of the molecule is NC(CN(Cl)C(=O)Cn1nc(-c2ccc(Cl)cc2)n(C2CC2)c1=O)c1ccccc1C(F)(F)F. The molecule has 1 saturated carbocycles. The van der Waals surface area contributed by atoms with Crippen molar-refractivity contribution < 1.29 is 18.0 Å². The normalized spacial score (nSPS) is 14.8. The van der Waals surface area contributed by atoms with Crippen LogP contribution in [0.1, 0.15) is 36.1 Å². The molecule has 3 aromatic rings. The number of carbonyl (C=O) groups excluding carboxylic acids is 1. The Balaban J connectivity index is 1.53. The minimum Gasteiger partial charge on any atom is -0.322 e. The third kappa shape index (κ3) is 5.13. The predicted molar refractivity (Wildman–Crippen MR) is 121 cm³/mol. The number of nitrogens with two attached hydrogens (primary N) is 1. The van der Waals surface area contributed by atoms with Gasteiger partial charge in [-0.05, 0) is 48.7 Å². The zero-order chi connectivity index (χ0) is 24.6. The minimum absolute atomic E-state index is 0.0126. The maximum Gasteiger partial charge on any atom is 0.416 e. The van der Waals surface area contributed by atoms with Crippen molar-refractivity contribution in [2.24, 2.45) is 5.73 Å². The quantitative estimate of drug-likeness (QED) is 0.474. The van der Waals surface area contributed by atoms with Crippen LogP contribution in [0.5, 0.6) is 0 Å². The number of hydrogen-bond donors (Lipinski definition) is 1. The lowest BCUT2D eigenvalue weighted by Gasteiger charge is -2.22. The Morgan fingerprint density at radius 1 is 1.18 bits per heavy atom. The molecule has 180 valence electrons. The molecule has 1 aliphatic rings. The number of rotatable bonds is 7. The Labute approximate surface area is 202 Å². The Morgan fingerprint density at radius 2 is 1.82 bits per heavy atom. The second-order valence-corrected chi connectivity index (χ2v) is 8.85. The van der Waals surface area contributed by atoms with Crippen LogP contribution < -0.4 is 11.4 Å². The average Bonchev–Trinajstić information content (AvgIpc) is 3.57. The summed E-state index contributed by atoms with van der Waals surface area (Å²) in [7, 11) is 0. The Kier molecular flexibility index (Phi) is 6.75. The van der Waals surface area contributed by atoms with Crippen molar-refractivity contribution in [2.45, 2.75) is 37.6 Å². The molecule has 1 amide bonds. The van der Waals surface area contributed by atoms with Crippen LogP contribution in [0.25, 0.3) is 11.4 Å². The van der Waals surface area contributed by atoms with Crippen LogP contribution in [-0.2, 0) is 17.5 Å². The number of halogens is 5. The molecule has 0 bridgehead atoms. The van der Waals surface area contributed by atoms with Crippen LogP contribution in [0, 0.1) is 0 Å². The highest BCUT2D eigenvalue weighted by molar-refractivity contribution is 6.30. The molecule has 0 radical (unpaired) electrons. The van der Waals surface area contributed by atoms with Crippen molar-refractivity contribution in [3.05, 3.63) is 75.2 Å². The number of hydrogen-bond acceptors (Lipinski definition) is 4. The van der Waals surface area contributed by atoms with Gasteiger partial charge in [-0.2, -0.15) is 13.2 Å². The van der Waals surface area contributed by atoms with E-state index < -0.39 is 42.5 Å². The van der Waals surface area contributed by atoms with E-state index >= 15 is 0 Å². The van der Waals surface area contributed by atoms with E-state index in [1.54, 1.807) is 24.3 Å². The van der Waals surface area contributed by atoms with Gasteiger partial charge in [0.15, 0.2) is 5.82 Å². The smallest absolute Gasteiger partial charge is 0.322 e. The third-order valence-electron chi connectivity index (χ3n) is 5.46. The van der Waals surface area contributed by atoms with E-state index in [9.17, 15) is 22.8 Å². The summed E-state index contributed by atoms with van der Waals surface area (Å²) in [4.78, 5) is 25.6. The van der Waals surface area contributed by atoms with Crippen LogP contribution in [0.2, 0.25) is 5.02 Å². The van der Waals surface area contributed by atoms with Gasteiger partial charge in [-0.3, -0.25) is 13.8 Å². The Hall–Kier alpha value is -2.82. The molecule has 1 unspecified atom stereocenters. The minimum atomic E-state index is -4.60. The second-order valence-electron chi connectivity index (χ2n) is 8.00. The van der Waals surface area contributed by atoms with Crippen molar-refractivity contribution in [1.29, 1.82) is 0 Å². The Bertz CT molecular complexity index is 1250. The van der Waals surface area contributed by atoms with E-state index in [0.717, 1.165) is 23.6 Å². The van der Waals surface area contributed by atoms with Gasteiger partial charge in [0.1, 0.15) is 6.54 Å². The summed E-state index contributed by atoms with van der Waals surface area (Å²) in [5, 5.41) is 4.84. The van der Waals surface area contributed by atoms with E-state index in [4.69, 9.17) is 29.1 Å². The molecule has 4 rings (SSSR count). The highest BCUT2D eigenvalue weighted by Gasteiger charge is 2.35. The first kappa shape index (κ1) is 24.3. The lowest BCUT2D eigenvalue weighted by molar-refractivity contribution is -0.138. The molecule has 0 saturated heterocycles. The van der Waals surface area contributed by atoms with Gasteiger partial charge in [0.25, 0.3) is 5.91 Å². The Morgan fingerprint density at radius 3 is 2.44 bits per heavy atom. The zero-order valence-corrected chi connectivity index (χ0v) is 19.2. The third-order valence-corrected chi connectivity index (χ3v) is 6.04. The number of alkyl halides is 3. The van der Waals surface area contributed by atoms with Gasteiger partial charge in [0.2, 0.25) is 0 Å². The first-order valence-corrected chi connectivity index (χ1v) is 11.1. The number of carbonyl (C=O) groups is 1. The van der Waals surface area contributed by atoms with Gasteiger partial charge in [0.05, 0.1) is 12.1 Å². The fraction of sp³-hybridized carbons (Fsp3) is 0.318.